The second kappa shape index (κ2) is 17.6. The van der Waals surface area contributed by atoms with Gasteiger partial charge in [0.15, 0.2) is 0 Å². The minimum atomic E-state index is 0.712. The van der Waals surface area contributed by atoms with Crippen LogP contribution in [0.25, 0.3) is 0 Å². The molecule has 2 aliphatic heterocycles. The first-order valence-corrected chi connectivity index (χ1v) is 11.7. The molecule has 2 saturated heterocycles. The second-order valence-corrected chi connectivity index (χ2v) is 7.28. The maximum Gasteiger partial charge on any atom is 0.150 e. The number of hydrogen-bond acceptors (Lipinski definition) is 4. The molecule has 0 amide bonds. The van der Waals surface area contributed by atoms with Gasteiger partial charge in [0, 0.05) is 37.9 Å². The molecule has 0 unspecified atom stereocenters. The average molecular weight is 407 g/mol. The summed E-state index contributed by atoms with van der Waals surface area (Å²) >= 11 is 0. The van der Waals surface area contributed by atoms with E-state index in [1.807, 2.05) is 53.8 Å². The Hall–Kier alpha value is -1.23. The molecule has 2 fully saturated rings. The van der Waals surface area contributed by atoms with Crippen LogP contribution in [0.2, 0.25) is 0 Å². The lowest BCUT2D eigenvalue weighted by molar-refractivity contribution is 0.0799. The number of likely N-dealkylation sites (tertiary alicyclic amines) is 1. The van der Waals surface area contributed by atoms with E-state index in [0.717, 1.165) is 43.1 Å². The maximum atomic E-state index is 10.9. The van der Waals surface area contributed by atoms with Crippen molar-refractivity contribution in [2.24, 2.45) is 5.92 Å². The molecule has 2 heterocycles. The van der Waals surface area contributed by atoms with E-state index in [0.29, 0.717) is 6.04 Å². The zero-order chi connectivity index (χ0) is 22.1. The Morgan fingerprint density at radius 3 is 2.28 bits per heavy atom. The fraction of sp³-hybridized carbons (Fsp3) is 0.720. The molecule has 0 aromatic heterocycles. The third kappa shape index (κ3) is 10.9. The van der Waals surface area contributed by atoms with Crippen molar-refractivity contribution in [1.29, 1.82) is 0 Å². The normalized spacial score (nSPS) is 19.1. The van der Waals surface area contributed by atoms with Crippen LogP contribution in [0.15, 0.2) is 18.2 Å². The fourth-order valence-electron chi connectivity index (χ4n) is 3.55. The predicted molar refractivity (Wildman–Crippen MR) is 126 cm³/mol. The standard InChI is InChI=1S/C15H21NO.C6H13NO.2C2H6/c1-3-13-6-7-16(9-13)10-14-5-4-12(2)15(8-14)11-17;1-7-6-2-4-8-5-3-6;2*1-2/h4-5,8,11,13H,3,6-7,9-10H2,1-2H3;6-7H,2-5H2,1H3;2*1-2H3/t13-;;;/m0.../s1. The van der Waals surface area contributed by atoms with Gasteiger partial charge in [0.1, 0.15) is 6.29 Å². The van der Waals surface area contributed by atoms with Crippen LogP contribution in [0.5, 0.6) is 0 Å². The highest BCUT2D eigenvalue weighted by Gasteiger charge is 2.20. The first-order valence-electron chi connectivity index (χ1n) is 11.7. The number of benzene rings is 1. The van der Waals surface area contributed by atoms with Crippen molar-refractivity contribution in [2.45, 2.75) is 79.8 Å². The summed E-state index contributed by atoms with van der Waals surface area (Å²) in [4.78, 5) is 13.4. The van der Waals surface area contributed by atoms with Crippen LogP contribution in [0, 0.1) is 12.8 Å². The molecule has 0 saturated carbocycles. The molecule has 0 spiro atoms. The number of hydrogen-bond donors (Lipinski definition) is 1. The quantitative estimate of drug-likeness (QED) is 0.658. The Labute approximate surface area is 180 Å². The molecule has 2 aliphatic rings. The van der Waals surface area contributed by atoms with Gasteiger partial charge in [-0.2, -0.15) is 0 Å². The summed E-state index contributed by atoms with van der Waals surface area (Å²) in [5.41, 5.74) is 3.15. The molecule has 4 nitrogen and oxygen atoms in total. The van der Waals surface area contributed by atoms with Crippen LogP contribution in [0.1, 0.15) is 81.8 Å². The summed E-state index contributed by atoms with van der Waals surface area (Å²) in [7, 11) is 2.01. The Balaban J connectivity index is 0.000000547. The fourth-order valence-corrected chi connectivity index (χ4v) is 3.55. The summed E-state index contributed by atoms with van der Waals surface area (Å²) in [6, 6.07) is 6.93. The number of aryl methyl sites for hydroxylation is 1. The van der Waals surface area contributed by atoms with E-state index in [2.05, 4.69) is 23.2 Å². The van der Waals surface area contributed by atoms with Gasteiger partial charge in [0.2, 0.25) is 0 Å². The molecule has 1 atom stereocenters. The monoisotopic (exact) mass is 406 g/mol. The summed E-state index contributed by atoms with van der Waals surface area (Å²) < 4.78 is 5.16. The number of aldehydes is 1. The molecule has 1 N–H and O–H groups in total. The van der Waals surface area contributed by atoms with E-state index in [1.165, 1.54) is 44.3 Å². The Morgan fingerprint density at radius 1 is 1.14 bits per heavy atom. The summed E-state index contributed by atoms with van der Waals surface area (Å²) in [5, 5.41) is 3.22. The Morgan fingerprint density at radius 2 is 1.79 bits per heavy atom. The SMILES string of the molecule is CC.CC.CC[C@H]1CCN(Cc2ccc(C)c(C=O)c2)C1.CNC1CCOCC1. The molecule has 0 aliphatic carbocycles. The molecule has 0 radical (unpaired) electrons. The number of carbonyl (C=O) groups is 1. The van der Waals surface area contributed by atoms with Crippen molar-refractivity contribution >= 4 is 6.29 Å². The summed E-state index contributed by atoms with van der Waals surface area (Å²) in [6.07, 6.45) is 5.91. The van der Waals surface area contributed by atoms with Crippen molar-refractivity contribution in [1.82, 2.24) is 10.2 Å². The average Bonchev–Trinajstić information content (AvgIpc) is 3.26. The van der Waals surface area contributed by atoms with Gasteiger partial charge in [-0.1, -0.05) is 53.2 Å². The highest BCUT2D eigenvalue weighted by Crippen LogP contribution is 2.21. The first-order chi connectivity index (χ1) is 14.2. The zero-order valence-corrected chi connectivity index (χ0v) is 20.1. The van der Waals surface area contributed by atoms with E-state index in [4.69, 9.17) is 4.74 Å². The third-order valence-corrected chi connectivity index (χ3v) is 5.45. The first kappa shape index (κ1) is 27.8. The molecular weight excluding hydrogens is 360 g/mol. The number of carbonyl (C=O) groups excluding carboxylic acids is 1. The van der Waals surface area contributed by atoms with Crippen LogP contribution in [-0.2, 0) is 11.3 Å². The zero-order valence-electron chi connectivity index (χ0n) is 20.1. The molecule has 3 rings (SSSR count). The minimum absolute atomic E-state index is 0.712. The maximum absolute atomic E-state index is 10.9. The van der Waals surface area contributed by atoms with Gasteiger partial charge < -0.3 is 10.1 Å². The van der Waals surface area contributed by atoms with Gasteiger partial charge in [-0.05, 0) is 62.9 Å². The van der Waals surface area contributed by atoms with Gasteiger partial charge in [-0.25, -0.2) is 0 Å². The van der Waals surface area contributed by atoms with Crippen molar-refractivity contribution < 1.29 is 9.53 Å². The third-order valence-electron chi connectivity index (χ3n) is 5.45. The van der Waals surface area contributed by atoms with E-state index in [-0.39, 0.29) is 0 Å². The van der Waals surface area contributed by atoms with Crippen molar-refractivity contribution in [3.05, 3.63) is 34.9 Å². The van der Waals surface area contributed by atoms with Crippen molar-refractivity contribution in [3.8, 4) is 0 Å². The van der Waals surface area contributed by atoms with Crippen LogP contribution >= 0.6 is 0 Å². The van der Waals surface area contributed by atoms with E-state index in [9.17, 15) is 4.79 Å². The van der Waals surface area contributed by atoms with Gasteiger partial charge in [0.05, 0.1) is 0 Å². The highest BCUT2D eigenvalue weighted by atomic mass is 16.5. The largest absolute Gasteiger partial charge is 0.381 e. The van der Waals surface area contributed by atoms with Crippen LogP contribution in [0.3, 0.4) is 0 Å². The minimum Gasteiger partial charge on any atom is -0.381 e. The second-order valence-electron chi connectivity index (χ2n) is 7.28. The van der Waals surface area contributed by atoms with E-state index >= 15 is 0 Å². The number of nitrogens with one attached hydrogen (secondary N) is 1. The molecule has 0 bridgehead atoms. The van der Waals surface area contributed by atoms with E-state index < -0.39 is 0 Å². The molecule has 168 valence electrons. The summed E-state index contributed by atoms with van der Waals surface area (Å²) in [6.45, 7) is 17.5. The van der Waals surface area contributed by atoms with Crippen molar-refractivity contribution in [2.75, 3.05) is 33.4 Å². The smallest absolute Gasteiger partial charge is 0.150 e. The topological polar surface area (TPSA) is 41.6 Å². The molecular formula is C25H46N2O2. The highest BCUT2D eigenvalue weighted by molar-refractivity contribution is 5.77. The van der Waals surface area contributed by atoms with Gasteiger partial charge in [-0.3, -0.25) is 9.69 Å². The van der Waals surface area contributed by atoms with Crippen LogP contribution in [0.4, 0.5) is 0 Å². The Kier molecular flexibility index (Phi) is 16.9. The molecule has 1 aromatic carbocycles. The predicted octanol–water partition coefficient (Wildman–Crippen LogP) is 5.48. The van der Waals surface area contributed by atoms with Crippen LogP contribution < -0.4 is 5.32 Å². The summed E-state index contributed by atoms with van der Waals surface area (Å²) in [5.74, 6) is 0.867. The lowest BCUT2D eigenvalue weighted by atomic mass is 10.1. The number of nitrogens with zero attached hydrogens (tertiary/aromatic N) is 1. The molecule has 1 aromatic rings. The molecule has 4 heteroatoms. The van der Waals surface area contributed by atoms with Crippen LogP contribution in [-0.4, -0.2) is 50.6 Å². The number of ether oxygens (including phenoxy) is 1. The lowest BCUT2D eigenvalue weighted by Crippen LogP contribution is -2.31. The van der Waals surface area contributed by atoms with E-state index in [1.54, 1.807) is 0 Å². The molecule has 29 heavy (non-hydrogen) atoms. The van der Waals surface area contributed by atoms with Gasteiger partial charge >= 0.3 is 0 Å². The van der Waals surface area contributed by atoms with Gasteiger partial charge in [-0.15, -0.1) is 0 Å². The van der Waals surface area contributed by atoms with Crippen molar-refractivity contribution in [3.63, 3.8) is 0 Å². The lowest BCUT2D eigenvalue weighted by Gasteiger charge is -2.20. The van der Waals surface area contributed by atoms with Gasteiger partial charge in [0.25, 0.3) is 0 Å². The number of rotatable bonds is 5. The Bertz CT molecular complexity index is 528.